The number of hydrogen-bond donors (Lipinski definition) is 1. The first-order valence-corrected chi connectivity index (χ1v) is 19.2. The molecular formula is C40H45ClN4O5S. The molecule has 0 spiro atoms. The first-order chi connectivity index (χ1) is 25.0. The number of piperazine rings is 1. The highest BCUT2D eigenvalue weighted by Gasteiger charge is 2.37. The number of ether oxygens (including phenoxy) is 3. The summed E-state index contributed by atoms with van der Waals surface area (Å²) in [7, 11) is 0. The topological polar surface area (TPSA) is 83.6 Å². The summed E-state index contributed by atoms with van der Waals surface area (Å²) in [6.07, 6.45) is 1.93. The number of carbonyl (C=O) groups is 2. The van der Waals surface area contributed by atoms with E-state index in [1.54, 1.807) is 11.3 Å². The molecule has 3 aromatic carbocycles. The number of rotatable bonds is 11. The number of nitrogens with zero attached hydrogens (tertiary/aromatic N) is 3. The summed E-state index contributed by atoms with van der Waals surface area (Å²) in [4.78, 5) is 35.2. The van der Waals surface area contributed by atoms with Crippen molar-refractivity contribution in [2.24, 2.45) is 5.92 Å². The molecule has 3 aliphatic rings. The molecular weight excluding hydrogens is 684 g/mol. The fourth-order valence-electron chi connectivity index (χ4n) is 7.28. The zero-order chi connectivity index (χ0) is 35.0. The molecule has 1 atom stereocenters. The number of alkyl carbamates (subject to hydrolysis) is 1. The zero-order valence-electron chi connectivity index (χ0n) is 28.8. The maximum atomic E-state index is 14.2. The number of halogens is 1. The molecule has 2 saturated heterocycles. The van der Waals surface area contributed by atoms with Gasteiger partial charge in [0.2, 0.25) is 5.91 Å². The molecule has 1 N–H and O–H groups in total. The molecule has 4 aromatic rings. The van der Waals surface area contributed by atoms with Crippen molar-refractivity contribution < 1.29 is 23.8 Å². The maximum absolute atomic E-state index is 14.2. The van der Waals surface area contributed by atoms with Crippen molar-refractivity contribution >= 4 is 34.9 Å². The van der Waals surface area contributed by atoms with Crippen LogP contribution in [0.25, 0.3) is 11.1 Å². The predicted octanol–water partition coefficient (Wildman–Crippen LogP) is 6.73. The molecule has 9 nitrogen and oxygen atoms in total. The van der Waals surface area contributed by atoms with Crippen LogP contribution in [0.5, 0.6) is 11.5 Å². The molecule has 51 heavy (non-hydrogen) atoms. The highest BCUT2D eigenvalue weighted by atomic mass is 35.5. The Morgan fingerprint density at radius 1 is 0.882 bits per heavy atom. The van der Waals surface area contributed by atoms with Gasteiger partial charge in [-0.15, -0.1) is 11.3 Å². The van der Waals surface area contributed by atoms with Gasteiger partial charge in [-0.25, -0.2) is 4.79 Å². The molecule has 268 valence electrons. The summed E-state index contributed by atoms with van der Waals surface area (Å²) in [6, 6.07) is 25.5. The Labute approximate surface area is 309 Å². The molecule has 3 aliphatic heterocycles. The van der Waals surface area contributed by atoms with Gasteiger partial charge in [0, 0.05) is 49.7 Å². The van der Waals surface area contributed by atoms with Gasteiger partial charge >= 0.3 is 6.09 Å². The largest absolute Gasteiger partial charge is 0.485 e. The first-order valence-electron chi connectivity index (χ1n) is 17.9. The van der Waals surface area contributed by atoms with Crippen LogP contribution in [0.2, 0.25) is 5.02 Å². The third kappa shape index (κ3) is 9.05. The van der Waals surface area contributed by atoms with Crippen LogP contribution in [-0.2, 0) is 29.1 Å². The van der Waals surface area contributed by atoms with Crippen LogP contribution in [0.3, 0.4) is 0 Å². The summed E-state index contributed by atoms with van der Waals surface area (Å²) >= 11 is 8.09. The van der Waals surface area contributed by atoms with Gasteiger partial charge in [-0.2, -0.15) is 0 Å². The van der Waals surface area contributed by atoms with Gasteiger partial charge in [-0.3, -0.25) is 9.69 Å². The molecule has 7 rings (SSSR count). The average Bonchev–Trinajstić information content (AvgIpc) is 3.59. The Balaban J connectivity index is 0.966. The number of amides is 2. The van der Waals surface area contributed by atoms with Crippen molar-refractivity contribution in [2.45, 2.75) is 38.5 Å². The molecule has 4 heterocycles. The minimum absolute atomic E-state index is 0.0110. The van der Waals surface area contributed by atoms with Gasteiger partial charge < -0.3 is 29.3 Å². The lowest BCUT2D eigenvalue weighted by atomic mass is 9.88. The van der Waals surface area contributed by atoms with Gasteiger partial charge in [0.1, 0.15) is 25.9 Å². The van der Waals surface area contributed by atoms with E-state index in [0.29, 0.717) is 26.3 Å². The lowest BCUT2D eigenvalue weighted by Crippen LogP contribution is -2.58. The van der Waals surface area contributed by atoms with Gasteiger partial charge in [-0.1, -0.05) is 78.3 Å². The first kappa shape index (κ1) is 35.3. The van der Waals surface area contributed by atoms with Crippen LogP contribution >= 0.6 is 22.9 Å². The molecule has 0 saturated carbocycles. The van der Waals surface area contributed by atoms with E-state index in [4.69, 9.17) is 25.8 Å². The van der Waals surface area contributed by atoms with Crippen molar-refractivity contribution in [3.63, 3.8) is 0 Å². The van der Waals surface area contributed by atoms with Crippen molar-refractivity contribution in [3.05, 3.63) is 105 Å². The van der Waals surface area contributed by atoms with Crippen molar-refractivity contribution in [1.82, 2.24) is 20.0 Å². The Hall–Kier alpha value is -4.09. The highest BCUT2D eigenvalue weighted by Crippen LogP contribution is 2.40. The van der Waals surface area contributed by atoms with E-state index in [9.17, 15) is 9.59 Å². The lowest BCUT2D eigenvalue weighted by molar-refractivity contribution is -0.137. The number of thiophene rings is 1. The van der Waals surface area contributed by atoms with Crippen LogP contribution in [0.15, 0.2) is 84.2 Å². The van der Waals surface area contributed by atoms with E-state index in [-0.39, 0.29) is 18.4 Å². The predicted molar refractivity (Wildman–Crippen MR) is 200 cm³/mol. The van der Waals surface area contributed by atoms with E-state index in [1.807, 2.05) is 52.7 Å². The van der Waals surface area contributed by atoms with Gasteiger partial charge in [0.05, 0.1) is 4.88 Å². The van der Waals surface area contributed by atoms with Crippen LogP contribution < -0.4 is 14.8 Å². The molecule has 0 unspecified atom stereocenters. The third-order valence-electron chi connectivity index (χ3n) is 10.1. The number of fused-ring (bicyclic) bond motifs is 1. The second-order valence-corrected chi connectivity index (χ2v) is 14.8. The maximum Gasteiger partial charge on any atom is 0.408 e. The van der Waals surface area contributed by atoms with Gasteiger partial charge in [-0.05, 0) is 72.7 Å². The zero-order valence-corrected chi connectivity index (χ0v) is 30.4. The van der Waals surface area contributed by atoms with Crippen LogP contribution in [0.1, 0.15) is 28.8 Å². The Kier molecular flexibility index (Phi) is 11.7. The minimum atomic E-state index is -0.644. The van der Waals surface area contributed by atoms with E-state index < -0.39 is 12.1 Å². The molecule has 1 aromatic heterocycles. The number of benzene rings is 3. The molecule has 2 fully saturated rings. The molecule has 11 heteroatoms. The second kappa shape index (κ2) is 17.0. The Morgan fingerprint density at radius 3 is 2.37 bits per heavy atom. The van der Waals surface area contributed by atoms with Crippen LogP contribution in [0, 0.1) is 5.92 Å². The summed E-state index contributed by atoms with van der Waals surface area (Å²) in [5.41, 5.74) is 4.52. The quantitative estimate of drug-likeness (QED) is 0.183. The SMILES string of the molecule is O=C(N[C@@H](C(=O)N1CCN(Cc2scc3c2OCCO3)CC1)C1CCN(CCc2cc(Cl)ccc2-c2ccccc2)CC1)OCc1ccccc1. The van der Waals surface area contributed by atoms with E-state index >= 15 is 0 Å². The van der Waals surface area contributed by atoms with E-state index in [0.717, 1.165) is 85.5 Å². The summed E-state index contributed by atoms with van der Waals surface area (Å²) in [5.74, 6) is 1.67. The van der Waals surface area contributed by atoms with Crippen LogP contribution in [-0.4, -0.2) is 91.8 Å². The van der Waals surface area contributed by atoms with Crippen molar-refractivity contribution in [1.29, 1.82) is 0 Å². The summed E-state index contributed by atoms with van der Waals surface area (Å²) in [6.45, 7) is 7.35. The van der Waals surface area contributed by atoms with E-state index in [2.05, 4.69) is 51.5 Å². The Bertz CT molecular complexity index is 1760. The molecule has 2 amide bonds. The highest BCUT2D eigenvalue weighted by molar-refractivity contribution is 7.10. The minimum Gasteiger partial charge on any atom is -0.485 e. The van der Waals surface area contributed by atoms with Gasteiger partial charge in [0.15, 0.2) is 11.5 Å². The fraction of sp³-hybridized carbons (Fsp3) is 0.400. The third-order valence-corrected chi connectivity index (χ3v) is 11.3. The standard InChI is InChI=1S/C40H45ClN4O5S/c41-33-11-12-34(30-9-5-2-6-10-30)32(25-33)15-18-43-16-13-31(14-17-43)37(42-40(47)50-27-29-7-3-1-4-8-29)39(46)45-21-19-44(20-22-45)26-36-38-35(28-51-36)48-23-24-49-38/h1-12,25,28,31,37H,13-24,26-27H2,(H,42,47)/t37-/m1/s1. The number of piperidine rings is 1. The van der Waals surface area contributed by atoms with Crippen LogP contribution in [0.4, 0.5) is 4.79 Å². The molecule has 0 radical (unpaired) electrons. The Morgan fingerprint density at radius 2 is 1.61 bits per heavy atom. The molecule has 0 bridgehead atoms. The summed E-state index contributed by atoms with van der Waals surface area (Å²) in [5, 5.41) is 5.77. The molecule has 0 aliphatic carbocycles. The fourth-order valence-corrected chi connectivity index (χ4v) is 8.42. The second-order valence-electron chi connectivity index (χ2n) is 13.4. The number of carbonyl (C=O) groups excluding carboxylic acids is 2. The number of hydrogen-bond acceptors (Lipinski definition) is 8. The monoisotopic (exact) mass is 728 g/mol. The van der Waals surface area contributed by atoms with Crippen molar-refractivity contribution in [3.8, 4) is 22.6 Å². The number of nitrogens with one attached hydrogen (secondary N) is 1. The normalized spacial score (nSPS) is 17.5. The smallest absolute Gasteiger partial charge is 0.408 e. The number of likely N-dealkylation sites (tertiary alicyclic amines) is 1. The average molecular weight is 729 g/mol. The lowest BCUT2D eigenvalue weighted by Gasteiger charge is -2.40. The van der Waals surface area contributed by atoms with Crippen molar-refractivity contribution in [2.75, 3.05) is 59.0 Å². The van der Waals surface area contributed by atoms with E-state index in [1.165, 1.54) is 16.7 Å². The van der Waals surface area contributed by atoms with Gasteiger partial charge in [0.25, 0.3) is 0 Å². The summed E-state index contributed by atoms with van der Waals surface area (Å²) < 4.78 is 17.2.